The van der Waals surface area contributed by atoms with Crippen LogP contribution < -0.4 is 10.4 Å². The second-order valence-corrected chi connectivity index (χ2v) is 11.8. The molecule has 0 bridgehead atoms. The summed E-state index contributed by atoms with van der Waals surface area (Å²) >= 11 is 0. The van der Waals surface area contributed by atoms with Gasteiger partial charge in [0.05, 0.1) is 0 Å². The second kappa shape index (κ2) is 7.17. The smallest absolute Gasteiger partial charge is 0.281 e. The van der Waals surface area contributed by atoms with E-state index in [0.717, 1.165) is 0 Å². The van der Waals surface area contributed by atoms with Crippen LogP contribution >= 0.6 is 0 Å². The average Bonchev–Trinajstić information content (AvgIpc) is 2.42. The van der Waals surface area contributed by atoms with Gasteiger partial charge in [-0.1, -0.05) is 41.1 Å². The first kappa shape index (κ1) is 20.7. The van der Waals surface area contributed by atoms with E-state index in [9.17, 15) is 0 Å². The van der Waals surface area contributed by atoms with E-state index < -0.39 is 8.32 Å². The third kappa shape index (κ3) is 3.87. The first-order valence-corrected chi connectivity index (χ1v) is 11.4. The molecule has 0 aliphatic rings. The SMILES string of the molecule is C=C[Si](OC(C)(C)C)(c1c(C)cc(C)cc1C)c1c(C)cc(C)cc1C. The topological polar surface area (TPSA) is 9.23 Å². The molecule has 0 spiro atoms. The van der Waals surface area contributed by atoms with Gasteiger partial charge in [-0.25, -0.2) is 0 Å². The van der Waals surface area contributed by atoms with Crippen LogP contribution in [0.15, 0.2) is 36.5 Å². The lowest BCUT2D eigenvalue weighted by Crippen LogP contribution is -2.65. The number of hydrogen-bond acceptors (Lipinski definition) is 1. The molecule has 2 heteroatoms. The fourth-order valence-electron chi connectivity index (χ4n) is 4.49. The Morgan fingerprint density at radius 2 is 1.04 bits per heavy atom. The highest BCUT2D eigenvalue weighted by Crippen LogP contribution is 2.25. The molecule has 140 valence electrons. The molecule has 0 aromatic heterocycles. The minimum absolute atomic E-state index is 0.256. The lowest BCUT2D eigenvalue weighted by Gasteiger charge is -2.40. The maximum atomic E-state index is 6.97. The summed E-state index contributed by atoms with van der Waals surface area (Å²) in [6.45, 7) is 23.9. The molecule has 0 saturated carbocycles. The molecule has 0 N–H and O–H groups in total. The third-order valence-electron chi connectivity index (χ3n) is 4.85. The molecule has 0 amide bonds. The first-order valence-electron chi connectivity index (χ1n) is 9.41. The van der Waals surface area contributed by atoms with Crippen LogP contribution in [0.2, 0.25) is 0 Å². The Hall–Kier alpha value is -1.64. The van der Waals surface area contributed by atoms with Gasteiger partial charge in [0, 0.05) is 5.60 Å². The van der Waals surface area contributed by atoms with Gasteiger partial charge in [0.15, 0.2) is 0 Å². The van der Waals surface area contributed by atoms with E-state index in [4.69, 9.17) is 4.43 Å². The molecular weight excluding hydrogens is 332 g/mol. The van der Waals surface area contributed by atoms with Gasteiger partial charge in [-0.2, -0.15) is 0 Å². The van der Waals surface area contributed by atoms with Crippen molar-refractivity contribution in [2.24, 2.45) is 0 Å². The number of aryl methyl sites for hydroxylation is 6. The molecule has 0 fully saturated rings. The van der Waals surface area contributed by atoms with Crippen molar-refractivity contribution in [1.29, 1.82) is 0 Å². The predicted octanol–water partition coefficient (Wildman–Crippen LogP) is 5.14. The van der Waals surface area contributed by atoms with Crippen molar-refractivity contribution in [3.63, 3.8) is 0 Å². The molecule has 0 radical (unpaired) electrons. The van der Waals surface area contributed by atoms with Crippen molar-refractivity contribution in [3.05, 3.63) is 69.9 Å². The summed E-state index contributed by atoms with van der Waals surface area (Å²) in [5, 5.41) is 2.70. The van der Waals surface area contributed by atoms with Gasteiger partial charge in [0.2, 0.25) is 0 Å². The van der Waals surface area contributed by atoms with Crippen LogP contribution in [0.5, 0.6) is 0 Å². The van der Waals surface area contributed by atoms with Gasteiger partial charge in [-0.05, 0) is 94.9 Å². The van der Waals surface area contributed by atoms with E-state index in [1.54, 1.807) is 0 Å². The summed E-state index contributed by atoms with van der Waals surface area (Å²) in [6.07, 6.45) is 0. The molecule has 0 unspecified atom stereocenters. The van der Waals surface area contributed by atoms with Crippen LogP contribution in [0.25, 0.3) is 0 Å². The standard InChI is InChI=1S/C24H34OSi/c1-11-26(25-24(8,9)10,22-18(4)12-16(2)13-19(22)5)23-20(6)14-17(3)15-21(23)7/h11-15H,1H2,2-10H3. The van der Waals surface area contributed by atoms with Crippen LogP contribution in [0.1, 0.15) is 54.2 Å². The fourth-order valence-corrected chi connectivity index (χ4v) is 9.03. The highest BCUT2D eigenvalue weighted by Gasteiger charge is 2.44. The van der Waals surface area contributed by atoms with Gasteiger partial charge >= 0.3 is 0 Å². The summed E-state index contributed by atoms with van der Waals surface area (Å²) in [6, 6.07) is 9.10. The minimum Gasteiger partial charge on any atom is -0.400 e. The van der Waals surface area contributed by atoms with Crippen LogP contribution in [-0.2, 0) is 4.43 Å². The zero-order valence-electron chi connectivity index (χ0n) is 18.0. The monoisotopic (exact) mass is 366 g/mol. The third-order valence-corrected chi connectivity index (χ3v) is 9.42. The van der Waals surface area contributed by atoms with E-state index in [-0.39, 0.29) is 5.60 Å². The van der Waals surface area contributed by atoms with Crippen LogP contribution in [0.3, 0.4) is 0 Å². The Labute approximate surface area is 161 Å². The van der Waals surface area contributed by atoms with Crippen molar-refractivity contribution in [2.45, 2.75) is 67.9 Å². The number of benzene rings is 2. The molecule has 2 aromatic rings. The van der Waals surface area contributed by atoms with E-state index in [1.165, 1.54) is 43.8 Å². The molecular formula is C24H34OSi. The molecule has 0 atom stereocenters. The highest BCUT2D eigenvalue weighted by atomic mass is 28.4. The Bertz CT molecular complexity index is 736. The van der Waals surface area contributed by atoms with Crippen LogP contribution in [0, 0.1) is 41.5 Å². The van der Waals surface area contributed by atoms with Gasteiger partial charge in [-0.15, -0.1) is 6.58 Å². The normalized spacial score (nSPS) is 12.3. The van der Waals surface area contributed by atoms with Gasteiger partial charge in [0.1, 0.15) is 0 Å². The lowest BCUT2D eigenvalue weighted by atomic mass is 10.1. The highest BCUT2D eigenvalue weighted by molar-refractivity contribution is 7.02. The van der Waals surface area contributed by atoms with Gasteiger partial charge in [0.25, 0.3) is 8.32 Å². The molecule has 0 saturated heterocycles. The van der Waals surface area contributed by atoms with E-state index in [2.05, 4.69) is 98.9 Å². The summed E-state index contributed by atoms with van der Waals surface area (Å²) < 4.78 is 6.97. The lowest BCUT2D eigenvalue weighted by molar-refractivity contribution is 0.129. The Kier molecular flexibility index (Phi) is 5.70. The summed E-state index contributed by atoms with van der Waals surface area (Å²) in [7, 11) is -2.62. The second-order valence-electron chi connectivity index (χ2n) is 8.70. The fraction of sp³-hybridized carbons (Fsp3) is 0.417. The van der Waals surface area contributed by atoms with E-state index in [0.29, 0.717) is 0 Å². The van der Waals surface area contributed by atoms with E-state index in [1.807, 2.05) is 0 Å². The molecule has 2 rings (SSSR count). The first-order chi connectivity index (χ1) is 11.9. The van der Waals surface area contributed by atoms with Crippen molar-refractivity contribution >= 4 is 18.7 Å². The molecule has 2 aromatic carbocycles. The van der Waals surface area contributed by atoms with E-state index >= 15 is 0 Å². The number of hydrogen-bond donors (Lipinski definition) is 0. The van der Waals surface area contributed by atoms with Crippen molar-refractivity contribution in [3.8, 4) is 0 Å². The molecule has 26 heavy (non-hydrogen) atoms. The molecule has 0 heterocycles. The van der Waals surface area contributed by atoms with Gasteiger partial charge in [-0.3, -0.25) is 0 Å². The predicted molar refractivity (Wildman–Crippen MR) is 117 cm³/mol. The maximum Gasteiger partial charge on any atom is 0.281 e. The van der Waals surface area contributed by atoms with Gasteiger partial charge < -0.3 is 4.43 Å². The van der Waals surface area contributed by atoms with Crippen molar-refractivity contribution in [1.82, 2.24) is 0 Å². The van der Waals surface area contributed by atoms with Crippen molar-refractivity contribution < 1.29 is 4.43 Å². The Morgan fingerprint density at radius 1 is 0.731 bits per heavy atom. The molecule has 0 aliphatic carbocycles. The largest absolute Gasteiger partial charge is 0.400 e. The average molecular weight is 367 g/mol. The minimum atomic E-state index is -2.62. The molecule has 1 nitrogen and oxygen atoms in total. The van der Waals surface area contributed by atoms with Crippen molar-refractivity contribution in [2.75, 3.05) is 0 Å². The van der Waals surface area contributed by atoms with Crippen LogP contribution in [-0.4, -0.2) is 13.9 Å². The Morgan fingerprint density at radius 3 is 1.27 bits per heavy atom. The quantitative estimate of drug-likeness (QED) is 0.681. The zero-order chi connectivity index (χ0) is 19.9. The summed E-state index contributed by atoms with van der Waals surface area (Å²) in [5.74, 6) is 0. The zero-order valence-corrected chi connectivity index (χ0v) is 19.0. The Balaban J connectivity index is 2.97. The maximum absolute atomic E-state index is 6.97. The summed E-state index contributed by atoms with van der Waals surface area (Å²) in [4.78, 5) is 0. The number of rotatable bonds is 4. The molecule has 0 aliphatic heterocycles. The summed E-state index contributed by atoms with van der Waals surface area (Å²) in [5.41, 5.74) is 9.68. The van der Waals surface area contributed by atoms with Crippen LogP contribution in [0.4, 0.5) is 0 Å².